The van der Waals surface area contributed by atoms with Crippen molar-refractivity contribution in [1.29, 1.82) is 0 Å². The number of likely N-dealkylation sites (N-methyl/N-ethyl adjacent to an activating group) is 1. The largest absolute Gasteiger partial charge is 0.462 e. The minimum Gasteiger partial charge on any atom is -0.462 e. The number of aromatic nitrogens is 4. The number of alkyl halides is 1. The Bertz CT molecular complexity index is 1540. The second-order valence-corrected chi connectivity index (χ2v) is 11.3. The Labute approximate surface area is 245 Å². The van der Waals surface area contributed by atoms with Gasteiger partial charge in [0.2, 0.25) is 12.5 Å². The average molecular weight is 571 g/mol. The molecule has 1 amide bonds. The Balaban J connectivity index is 1.38. The highest BCUT2D eigenvalue weighted by molar-refractivity contribution is 5.90. The second kappa shape index (κ2) is 12.0. The Morgan fingerprint density at radius 2 is 2.02 bits per heavy atom. The maximum Gasteiger partial charge on any atom is 0.320 e. The molecular formula is C31H35FN8O2. The topological polar surface area (TPSA) is 91.9 Å². The van der Waals surface area contributed by atoms with Crippen molar-refractivity contribution >= 4 is 22.8 Å². The molecule has 0 N–H and O–H groups in total. The molecule has 1 aliphatic carbocycles. The standard InChI is InChI=1S/C31H35FN8O2/c1-4-28(41)40-12-11-39(18-23(40)15-33-2)30-25-9-10-27(26-16-34-14-20-7-5-6-8-24(20)26)35-29(25)36-31(37-30)42-19-22-13-21(32)17-38(22)3/h4,9-10,14,16,21-23H,1,5-8,11-13,15,17-19H2,3H3/t21-,22+,23+/m1/s1. The first-order valence-electron chi connectivity index (χ1n) is 14.6. The fraction of sp³-hybridized carbons (Fsp3) is 0.484. The number of pyridine rings is 2. The SMILES string of the molecule is [C-]#[N+]C[C@H]1CN(c2nc(OC[C@@H]3C[C@@H](F)CN3C)nc3nc(-c4cncc5c4CCCC5)ccc23)CCN1C(=O)C=C. The van der Waals surface area contributed by atoms with E-state index in [1.807, 2.05) is 36.5 Å². The molecular weight excluding hydrogens is 535 g/mol. The number of anilines is 1. The van der Waals surface area contributed by atoms with Gasteiger partial charge in [0, 0.05) is 50.2 Å². The van der Waals surface area contributed by atoms with Gasteiger partial charge in [0.05, 0.1) is 11.1 Å². The Morgan fingerprint density at radius 3 is 2.81 bits per heavy atom. The molecule has 2 fully saturated rings. The monoisotopic (exact) mass is 570 g/mol. The molecule has 10 nitrogen and oxygen atoms in total. The van der Waals surface area contributed by atoms with Crippen LogP contribution >= 0.6 is 0 Å². The second-order valence-electron chi connectivity index (χ2n) is 11.3. The third-order valence-electron chi connectivity index (χ3n) is 8.65. The summed E-state index contributed by atoms with van der Waals surface area (Å²) in [6.07, 6.45) is 9.00. The zero-order valence-corrected chi connectivity index (χ0v) is 23.9. The van der Waals surface area contributed by atoms with E-state index in [0.717, 1.165) is 35.9 Å². The molecule has 2 aliphatic heterocycles. The quantitative estimate of drug-likeness (QED) is 0.315. The van der Waals surface area contributed by atoms with Gasteiger partial charge in [-0.25, -0.2) is 15.9 Å². The van der Waals surface area contributed by atoms with Crippen LogP contribution in [0, 0.1) is 6.57 Å². The molecule has 0 bridgehead atoms. The fourth-order valence-electron chi connectivity index (χ4n) is 6.40. The van der Waals surface area contributed by atoms with E-state index in [4.69, 9.17) is 26.3 Å². The third-order valence-corrected chi connectivity index (χ3v) is 8.65. The van der Waals surface area contributed by atoms with Crippen LogP contribution in [0.3, 0.4) is 0 Å². The van der Waals surface area contributed by atoms with Crippen molar-refractivity contribution in [3.8, 4) is 17.3 Å². The first-order valence-corrected chi connectivity index (χ1v) is 14.6. The van der Waals surface area contributed by atoms with Gasteiger partial charge < -0.3 is 19.4 Å². The molecule has 0 saturated carbocycles. The average Bonchev–Trinajstić information content (AvgIpc) is 3.34. The van der Waals surface area contributed by atoms with Gasteiger partial charge >= 0.3 is 6.01 Å². The number of piperazine rings is 1. The molecule has 0 radical (unpaired) electrons. The Morgan fingerprint density at radius 1 is 1.17 bits per heavy atom. The van der Waals surface area contributed by atoms with Gasteiger partial charge in [-0.2, -0.15) is 9.97 Å². The van der Waals surface area contributed by atoms with Crippen LogP contribution in [-0.2, 0) is 17.6 Å². The maximum atomic E-state index is 14.0. The number of carbonyl (C=O) groups excluding carboxylic acids is 1. The smallest absolute Gasteiger partial charge is 0.320 e. The minimum atomic E-state index is -0.875. The molecule has 3 aromatic rings. The number of halogens is 1. The van der Waals surface area contributed by atoms with E-state index in [1.54, 1.807) is 4.90 Å². The lowest BCUT2D eigenvalue weighted by Crippen LogP contribution is -2.56. The number of aryl methyl sites for hydroxylation is 1. The van der Waals surface area contributed by atoms with Crippen molar-refractivity contribution in [2.75, 3.05) is 51.3 Å². The molecule has 42 heavy (non-hydrogen) atoms. The summed E-state index contributed by atoms with van der Waals surface area (Å²) in [6.45, 7) is 13.3. The molecule has 6 rings (SSSR count). The van der Waals surface area contributed by atoms with Gasteiger partial charge in [-0.15, -0.1) is 0 Å². The van der Waals surface area contributed by atoms with Gasteiger partial charge in [0.15, 0.2) is 5.65 Å². The van der Waals surface area contributed by atoms with Crippen LogP contribution in [0.5, 0.6) is 6.01 Å². The summed E-state index contributed by atoms with van der Waals surface area (Å²) in [5, 5.41) is 0.760. The summed E-state index contributed by atoms with van der Waals surface area (Å²) >= 11 is 0. The number of fused-ring (bicyclic) bond motifs is 2. The minimum absolute atomic E-state index is 0.0690. The lowest BCUT2D eigenvalue weighted by molar-refractivity contribution is -0.128. The van der Waals surface area contributed by atoms with Crippen molar-refractivity contribution in [2.24, 2.45) is 0 Å². The van der Waals surface area contributed by atoms with Crippen LogP contribution in [0.1, 0.15) is 30.4 Å². The summed E-state index contributed by atoms with van der Waals surface area (Å²) in [5.41, 5.74) is 4.89. The highest BCUT2D eigenvalue weighted by atomic mass is 19.1. The predicted molar refractivity (Wildman–Crippen MR) is 158 cm³/mol. The van der Waals surface area contributed by atoms with Gasteiger partial charge in [0.1, 0.15) is 24.6 Å². The van der Waals surface area contributed by atoms with Crippen LogP contribution in [0.25, 0.3) is 27.1 Å². The van der Waals surface area contributed by atoms with Crippen LogP contribution < -0.4 is 9.64 Å². The number of amides is 1. The number of hydrogen-bond donors (Lipinski definition) is 0. The molecule has 11 heteroatoms. The van der Waals surface area contributed by atoms with E-state index >= 15 is 0 Å². The zero-order valence-electron chi connectivity index (χ0n) is 23.9. The van der Waals surface area contributed by atoms with Gasteiger partial charge in [-0.1, -0.05) is 6.58 Å². The normalized spacial score (nSPS) is 22.5. The van der Waals surface area contributed by atoms with Crippen molar-refractivity contribution in [2.45, 2.75) is 50.4 Å². The van der Waals surface area contributed by atoms with Crippen LogP contribution in [-0.4, -0.2) is 100 Å². The van der Waals surface area contributed by atoms with Crippen LogP contribution in [0.2, 0.25) is 0 Å². The molecule has 0 spiro atoms. The summed E-state index contributed by atoms with van der Waals surface area (Å²) in [7, 11) is 1.89. The van der Waals surface area contributed by atoms with Crippen LogP contribution in [0.4, 0.5) is 10.2 Å². The molecule has 0 unspecified atom stereocenters. The van der Waals surface area contributed by atoms with E-state index < -0.39 is 6.17 Å². The molecule has 2 saturated heterocycles. The highest BCUT2D eigenvalue weighted by Crippen LogP contribution is 2.33. The summed E-state index contributed by atoms with van der Waals surface area (Å²) in [4.78, 5) is 40.8. The van der Waals surface area contributed by atoms with Crippen LogP contribution in [0.15, 0.2) is 37.2 Å². The molecule has 5 heterocycles. The summed E-state index contributed by atoms with van der Waals surface area (Å²) in [5.74, 6) is 0.462. The van der Waals surface area contributed by atoms with Crippen molar-refractivity contribution in [1.82, 2.24) is 29.7 Å². The molecule has 0 aromatic carbocycles. The Kier molecular flexibility index (Phi) is 7.98. The lowest BCUT2D eigenvalue weighted by Gasteiger charge is -2.39. The third kappa shape index (κ3) is 5.51. The predicted octanol–water partition coefficient (Wildman–Crippen LogP) is 3.51. The van der Waals surface area contributed by atoms with E-state index in [-0.39, 0.29) is 37.2 Å². The lowest BCUT2D eigenvalue weighted by atomic mass is 9.89. The van der Waals surface area contributed by atoms with Crippen molar-refractivity contribution in [3.05, 3.63) is 59.7 Å². The molecule has 3 aromatic heterocycles. The van der Waals surface area contributed by atoms with E-state index in [1.165, 1.54) is 23.6 Å². The zero-order chi connectivity index (χ0) is 29.2. The van der Waals surface area contributed by atoms with E-state index in [2.05, 4.69) is 21.3 Å². The van der Waals surface area contributed by atoms with Crippen molar-refractivity contribution < 1.29 is 13.9 Å². The van der Waals surface area contributed by atoms with E-state index in [9.17, 15) is 9.18 Å². The molecule has 3 aliphatic rings. The molecule has 3 atom stereocenters. The number of hydrogen-bond acceptors (Lipinski definition) is 8. The van der Waals surface area contributed by atoms with Crippen molar-refractivity contribution in [3.63, 3.8) is 0 Å². The molecule has 218 valence electrons. The maximum absolute atomic E-state index is 14.0. The van der Waals surface area contributed by atoms with Gasteiger partial charge in [-0.05, 0) is 68.5 Å². The number of rotatable bonds is 7. The fourth-order valence-corrected chi connectivity index (χ4v) is 6.40. The van der Waals surface area contributed by atoms with Gasteiger partial charge in [0.25, 0.3) is 0 Å². The first-order chi connectivity index (χ1) is 20.4. The number of nitrogens with zero attached hydrogens (tertiary/aromatic N) is 8. The number of likely N-dealkylation sites (tertiary alicyclic amines) is 1. The summed E-state index contributed by atoms with van der Waals surface area (Å²) < 4.78 is 20.1. The first kappa shape index (κ1) is 28.0. The highest BCUT2D eigenvalue weighted by Gasteiger charge is 2.34. The Hall–Kier alpha value is -4.17. The van der Waals surface area contributed by atoms with E-state index in [0.29, 0.717) is 44.1 Å². The number of ether oxygens (including phenoxy) is 1. The van der Waals surface area contributed by atoms with Gasteiger partial charge in [-0.3, -0.25) is 14.7 Å². The number of carbonyl (C=O) groups is 1. The summed E-state index contributed by atoms with van der Waals surface area (Å²) in [6, 6.07) is 3.78.